The van der Waals surface area contributed by atoms with Gasteiger partial charge in [-0.2, -0.15) is 5.10 Å². The number of hydrogen-bond acceptors (Lipinski definition) is 5. The summed E-state index contributed by atoms with van der Waals surface area (Å²) in [5.74, 6) is 0.401. The number of thioether (sulfide) groups is 1. The third-order valence-corrected chi connectivity index (χ3v) is 7.88. The standard InChI is InChI=1S/C29H30N4O2S/c34-27-21-36-29(33(27)20-23-9-5-2-6-10-23)25-13-11-24(12-14-25)28(35)31-30-26-15-17-32(18-16-26)19-22-7-3-1-4-8-22/h1-14,29H,15-21H2,(H,31,35)/t29-/m0/s1. The fraction of sp³-hybridized carbons (Fsp3) is 0.276. The first-order valence-electron chi connectivity index (χ1n) is 12.3. The molecule has 184 valence electrons. The predicted octanol–water partition coefficient (Wildman–Crippen LogP) is 4.84. The molecule has 1 N–H and O–H groups in total. The summed E-state index contributed by atoms with van der Waals surface area (Å²) >= 11 is 1.62. The Morgan fingerprint density at radius 2 is 1.47 bits per heavy atom. The van der Waals surface area contributed by atoms with Gasteiger partial charge < -0.3 is 4.90 Å². The Bertz CT molecular complexity index is 1210. The van der Waals surface area contributed by atoms with Gasteiger partial charge in [0.2, 0.25) is 5.91 Å². The lowest BCUT2D eigenvalue weighted by molar-refractivity contribution is -0.128. The van der Waals surface area contributed by atoms with Gasteiger partial charge in [0.05, 0.1) is 5.75 Å². The molecular weight excluding hydrogens is 468 g/mol. The predicted molar refractivity (Wildman–Crippen MR) is 144 cm³/mol. The molecule has 6 nitrogen and oxygen atoms in total. The highest BCUT2D eigenvalue weighted by molar-refractivity contribution is 8.00. The zero-order chi connectivity index (χ0) is 24.7. The van der Waals surface area contributed by atoms with Crippen LogP contribution in [0.2, 0.25) is 0 Å². The maximum absolute atomic E-state index is 12.7. The minimum Gasteiger partial charge on any atom is -0.322 e. The number of benzene rings is 3. The molecule has 0 radical (unpaired) electrons. The summed E-state index contributed by atoms with van der Waals surface area (Å²) in [4.78, 5) is 29.5. The number of carbonyl (C=O) groups excluding carboxylic acids is 2. The zero-order valence-electron chi connectivity index (χ0n) is 20.2. The molecule has 2 amide bonds. The molecule has 0 bridgehead atoms. The summed E-state index contributed by atoms with van der Waals surface area (Å²) < 4.78 is 0. The molecule has 2 aliphatic rings. The van der Waals surface area contributed by atoms with E-state index in [-0.39, 0.29) is 17.2 Å². The molecule has 3 aromatic carbocycles. The van der Waals surface area contributed by atoms with Crippen LogP contribution in [0.25, 0.3) is 0 Å². The number of rotatable bonds is 7. The summed E-state index contributed by atoms with van der Waals surface area (Å²) in [6, 6.07) is 28.0. The van der Waals surface area contributed by atoms with Gasteiger partial charge in [0.1, 0.15) is 5.37 Å². The van der Waals surface area contributed by atoms with Gasteiger partial charge in [-0.05, 0) is 28.8 Å². The van der Waals surface area contributed by atoms with Gasteiger partial charge in [0.25, 0.3) is 5.91 Å². The molecule has 7 heteroatoms. The minimum absolute atomic E-state index is 0.0452. The molecule has 0 aromatic heterocycles. The third-order valence-electron chi connectivity index (χ3n) is 6.62. The fourth-order valence-corrected chi connectivity index (χ4v) is 5.79. The van der Waals surface area contributed by atoms with Crippen LogP contribution in [-0.2, 0) is 17.9 Å². The Labute approximate surface area is 216 Å². The van der Waals surface area contributed by atoms with E-state index in [2.05, 4.69) is 39.7 Å². The molecule has 0 saturated carbocycles. The molecule has 5 rings (SSSR count). The molecule has 36 heavy (non-hydrogen) atoms. The highest BCUT2D eigenvalue weighted by Gasteiger charge is 2.32. The van der Waals surface area contributed by atoms with Gasteiger partial charge in [0, 0.05) is 50.3 Å². The Balaban J connectivity index is 1.14. The monoisotopic (exact) mass is 498 g/mol. The van der Waals surface area contributed by atoms with E-state index in [1.807, 2.05) is 65.6 Å². The van der Waals surface area contributed by atoms with Crippen molar-refractivity contribution in [1.82, 2.24) is 15.2 Å². The number of piperidine rings is 1. The number of amides is 2. The lowest BCUT2D eigenvalue weighted by atomic mass is 10.1. The van der Waals surface area contributed by atoms with Crippen molar-refractivity contribution < 1.29 is 9.59 Å². The van der Waals surface area contributed by atoms with Crippen molar-refractivity contribution in [3.05, 3.63) is 107 Å². The molecule has 2 aliphatic heterocycles. The second-order valence-electron chi connectivity index (χ2n) is 9.17. The van der Waals surface area contributed by atoms with E-state index in [1.165, 1.54) is 5.56 Å². The van der Waals surface area contributed by atoms with Crippen molar-refractivity contribution in [2.75, 3.05) is 18.8 Å². The Hall–Kier alpha value is -3.42. The number of hydrazone groups is 1. The van der Waals surface area contributed by atoms with Crippen LogP contribution in [0.1, 0.15) is 45.3 Å². The van der Waals surface area contributed by atoms with Gasteiger partial charge in [-0.15, -0.1) is 11.8 Å². The van der Waals surface area contributed by atoms with Crippen LogP contribution in [0.5, 0.6) is 0 Å². The highest BCUT2D eigenvalue weighted by atomic mass is 32.2. The molecule has 2 saturated heterocycles. The summed E-state index contributed by atoms with van der Waals surface area (Å²) in [7, 11) is 0. The van der Waals surface area contributed by atoms with Crippen molar-refractivity contribution in [3.63, 3.8) is 0 Å². The fourth-order valence-electron chi connectivity index (χ4n) is 4.60. The molecule has 3 aromatic rings. The van der Waals surface area contributed by atoms with E-state index in [0.29, 0.717) is 17.9 Å². The highest BCUT2D eigenvalue weighted by Crippen LogP contribution is 2.39. The number of carbonyl (C=O) groups is 2. The Kier molecular flexibility index (Phi) is 7.79. The van der Waals surface area contributed by atoms with E-state index >= 15 is 0 Å². The van der Waals surface area contributed by atoms with Crippen LogP contribution in [0.4, 0.5) is 0 Å². The van der Waals surface area contributed by atoms with Crippen LogP contribution in [0.3, 0.4) is 0 Å². The second-order valence-corrected chi connectivity index (χ2v) is 10.2. The first kappa shape index (κ1) is 24.3. The van der Waals surface area contributed by atoms with Crippen LogP contribution < -0.4 is 5.43 Å². The molecule has 2 heterocycles. The van der Waals surface area contributed by atoms with Crippen molar-refractivity contribution in [2.24, 2.45) is 5.10 Å². The van der Waals surface area contributed by atoms with Crippen LogP contribution in [0.15, 0.2) is 90.0 Å². The average molecular weight is 499 g/mol. The van der Waals surface area contributed by atoms with Gasteiger partial charge in [0.15, 0.2) is 0 Å². The van der Waals surface area contributed by atoms with Crippen molar-refractivity contribution in [2.45, 2.75) is 31.3 Å². The van der Waals surface area contributed by atoms with Crippen LogP contribution >= 0.6 is 11.8 Å². The zero-order valence-corrected chi connectivity index (χ0v) is 21.0. The van der Waals surface area contributed by atoms with Crippen LogP contribution in [-0.4, -0.2) is 46.2 Å². The van der Waals surface area contributed by atoms with Crippen molar-refractivity contribution in [1.29, 1.82) is 0 Å². The van der Waals surface area contributed by atoms with E-state index in [1.54, 1.807) is 11.8 Å². The lowest BCUT2D eigenvalue weighted by Gasteiger charge is -2.27. The smallest absolute Gasteiger partial charge is 0.271 e. The first-order valence-corrected chi connectivity index (χ1v) is 13.4. The largest absolute Gasteiger partial charge is 0.322 e. The van der Waals surface area contributed by atoms with Gasteiger partial charge in [-0.3, -0.25) is 14.5 Å². The van der Waals surface area contributed by atoms with Gasteiger partial charge in [-0.1, -0.05) is 72.8 Å². The quantitative estimate of drug-likeness (QED) is 0.474. The summed E-state index contributed by atoms with van der Waals surface area (Å²) in [6.45, 7) is 3.41. The maximum atomic E-state index is 12.7. The molecule has 0 aliphatic carbocycles. The van der Waals surface area contributed by atoms with E-state index in [0.717, 1.165) is 49.3 Å². The molecular formula is C29H30N4O2S. The molecule has 0 spiro atoms. The Morgan fingerprint density at radius 1 is 0.861 bits per heavy atom. The summed E-state index contributed by atoms with van der Waals surface area (Å²) in [5.41, 5.74) is 7.78. The van der Waals surface area contributed by atoms with Crippen molar-refractivity contribution in [3.8, 4) is 0 Å². The normalized spacial score (nSPS) is 18.3. The number of likely N-dealkylation sites (tertiary alicyclic amines) is 1. The van der Waals surface area contributed by atoms with Crippen LogP contribution in [0, 0.1) is 0 Å². The van der Waals surface area contributed by atoms with Crippen molar-refractivity contribution >= 4 is 29.3 Å². The maximum Gasteiger partial charge on any atom is 0.271 e. The number of hydrogen-bond donors (Lipinski definition) is 1. The number of nitrogens with zero attached hydrogens (tertiary/aromatic N) is 3. The lowest BCUT2D eigenvalue weighted by Crippen LogP contribution is -2.34. The third kappa shape index (κ3) is 6.04. The van der Waals surface area contributed by atoms with E-state index < -0.39 is 0 Å². The molecule has 2 fully saturated rings. The average Bonchev–Trinajstić information content (AvgIpc) is 3.29. The first-order chi connectivity index (χ1) is 17.7. The van der Waals surface area contributed by atoms with E-state index in [4.69, 9.17) is 0 Å². The molecule has 0 unspecified atom stereocenters. The second kappa shape index (κ2) is 11.5. The summed E-state index contributed by atoms with van der Waals surface area (Å²) in [6.07, 6.45) is 1.71. The van der Waals surface area contributed by atoms with E-state index in [9.17, 15) is 9.59 Å². The topological polar surface area (TPSA) is 65.0 Å². The minimum atomic E-state index is -0.211. The summed E-state index contributed by atoms with van der Waals surface area (Å²) in [5, 5.41) is 4.36. The molecule has 1 atom stereocenters. The Morgan fingerprint density at radius 3 is 2.11 bits per heavy atom. The van der Waals surface area contributed by atoms with Gasteiger partial charge >= 0.3 is 0 Å². The number of nitrogens with one attached hydrogen (secondary N) is 1. The van der Waals surface area contributed by atoms with Gasteiger partial charge in [-0.25, -0.2) is 5.43 Å². The SMILES string of the molecule is O=C(NN=C1CCN(Cc2ccccc2)CC1)c1ccc([C@@H]2SCC(=O)N2Cc2ccccc2)cc1.